The van der Waals surface area contributed by atoms with Crippen molar-refractivity contribution >= 4 is 31.5 Å². The number of anilines is 2. The first kappa shape index (κ1) is 43.5. The summed E-state index contributed by atoms with van der Waals surface area (Å²) in [6.07, 6.45) is 5.67. The molecule has 5 rings (SSSR count). The lowest BCUT2D eigenvalue weighted by Gasteiger charge is -2.37. The van der Waals surface area contributed by atoms with Crippen LogP contribution in [0.5, 0.6) is 11.5 Å². The number of amides is 2. The molecular formula is C44H60N6O6Si. The average molecular weight is 797 g/mol. The molecule has 12 nitrogen and oxygen atoms in total. The van der Waals surface area contributed by atoms with Crippen molar-refractivity contribution in [3.8, 4) is 22.6 Å². The van der Waals surface area contributed by atoms with E-state index in [4.69, 9.17) is 13.9 Å². The highest BCUT2D eigenvalue weighted by Crippen LogP contribution is 2.37. The summed E-state index contributed by atoms with van der Waals surface area (Å²) in [7, 11) is 1.30. The van der Waals surface area contributed by atoms with Crippen LogP contribution in [0.2, 0.25) is 18.1 Å². The quantitative estimate of drug-likeness (QED) is 0.0710. The van der Waals surface area contributed by atoms with E-state index in [1.54, 1.807) is 38.7 Å². The van der Waals surface area contributed by atoms with E-state index in [0.29, 0.717) is 42.6 Å². The predicted octanol–water partition coefficient (Wildman–Crippen LogP) is 7.79. The molecule has 1 fully saturated rings. The highest BCUT2D eigenvalue weighted by Gasteiger charge is 2.37. The van der Waals surface area contributed by atoms with Gasteiger partial charge in [-0.15, -0.1) is 0 Å². The second-order valence-corrected chi connectivity index (χ2v) is 21.3. The molecule has 2 heterocycles. The Morgan fingerprint density at radius 1 is 0.842 bits per heavy atom. The third-order valence-corrected chi connectivity index (χ3v) is 15.9. The maximum atomic E-state index is 13.5. The zero-order valence-electron chi connectivity index (χ0n) is 35.1. The van der Waals surface area contributed by atoms with E-state index in [0.717, 1.165) is 52.6 Å². The van der Waals surface area contributed by atoms with Crippen LogP contribution in [0, 0.1) is 13.8 Å². The molecule has 1 aliphatic rings. The zero-order chi connectivity index (χ0) is 41.5. The molecule has 0 aliphatic heterocycles. The molecule has 4 aromatic rings. The van der Waals surface area contributed by atoms with E-state index in [2.05, 4.69) is 72.0 Å². The Bertz CT molecular complexity index is 2050. The molecule has 0 spiro atoms. The lowest BCUT2D eigenvalue weighted by molar-refractivity contribution is 0.101. The number of nitrogens with zero attached hydrogens (tertiary/aromatic N) is 2. The molecule has 2 amide bonds. The Kier molecular flexibility index (Phi) is 14.3. The van der Waals surface area contributed by atoms with Crippen molar-refractivity contribution < 1.29 is 28.6 Å². The number of hydrogen-bond acceptors (Lipinski definition) is 10. The first-order valence-electron chi connectivity index (χ1n) is 19.7. The molecular weight excluding hydrogens is 737 g/mol. The van der Waals surface area contributed by atoms with Crippen molar-refractivity contribution in [3.63, 3.8) is 0 Å². The van der Waals surface area contributed by atoms with Crippen molar-refractivity contribution in [1.82, 2.24) is 20.6 Å². The van der Waals surface area contributed by atoms with E-state index < -0.39 is 8.32 Å². The molecule has 2 aromatic heterocycles. The summed E-state index contributed by atoms with van der Waals surface area (Å²) >= 11 is 0. The fourth-order valence-corrected chi connectivity index (χ4v) is 7.73. The van der Waals surface area contributed by atoms with E-state index in [-0.39, 0.29) is 46.4 Å². The monoisotopic (exact) mass is 796 g/mol. The molecule has 0 radical (unpaired) electrons. The average Bonchev–Trinajstić information content (AvgIpc) is 3.60. The van der Waals surface area contributed by atoms with Crippen LogP contribution in [0.25, 0.3) is 11.1 Å². The second-order valence-electron chi connectivity index (χ2n) is 16.5. The summed E-state index contributed by atoms with van der Waals surface area (Å²) in [5.74, 6) is 0.390. The molecule has 3 atom stereocenters. The number of rotatable bonds is 16. The van der Waals surface area contributed by atoms with Crippen LogP contribution in [0.1, 0.15) is 90.2 Å². The van der Waals surface area contributed by atoms with Crippen LogP contribution in [-0.4, -0.2) is 74.2 Å². The van der Waals surface area contributed by atoms with Crippen LogP contribution < -0.4 is 30.7 Å². The Balaban J connectivity index is 1.24. The lowest BCUT2D eigenvalue weighted by atomic mass is 9.94. The van der Waals surface area contributed by atoms with Gasteiger partial charge in [-0.05, 0) is 92.6 Å². The summed E-state index contributed by atoms with van der Waals surface area (Å²) in [6.45, 7) is 18.8. The largest absolute Gasteiger partial charge is 0.496 e. The van der Waals surface area contributed by atoms with Crippen molar-refractivity contribution in [2.24, 2.45) is 0 Å². The smallest absolute Gasteiger partial charge is 0.274 e. The topological polar surface area (TPSA) is 156 Å². The lowest BCUT2D eigenvalue weighted by Crippen LogP contribution is -2.44. The molecule has 0 unspecified atom stereocenters. The van der Waals surface area contributed by atoms with Crippen LogP contribution in [0.4, 0.5) is 11.4 Å². The van der Waals surface area contributed by atoms with E-state index in [1.165, 1.54) is 0 Å². The minimum atomic E-state index is -1.86. The van der Waals surface area contributed by atoms with Gasteiger partial charge in [0.1, 0.15) is 22.9 Å². The summed E-state index contributed by atoms with van der Waals surface area (Å²) in [6, 6.07) is 14.9. The van der Waals surface area contributed by atoms with Gasteiger partial charge in [0.25, 0.3) is 11.8 Å². The van der Waals surface area contributed by atoms with Gasteiger partial charge >= 0.3 is 0 Å². The highest BCUT2D eigenvalue weighted by atomic mass is 28.4. The normalized spacial score (nSPS) is 16.3. The second kappa shape index (κ2) is 18.7. The highest BCUT2D eigenvalue weighted by molar-refractivity contribution is 6.74. The summed E-state index contributed by atoms with van der Waals surface area (Å²) in [4.78, 5) is 35.9. The van der Waals surface area contributed by atoms with Gasteiger partial charge in [0.2, 0.25) is 0 Å². The fourth-order valence-electron chi connectivity index (χ4n) is 6.64. The van der Waals surface area contributed by atoms with Gasteiger partial charge in [-0.25, -0.2) is 0 Å². The Hall–Kier alpha value is -4.66. The number of carbonyl (C=O) groups excluding carboxylic acids is 2. The van der Waals surface area contributed by atoms with Crippen LogP contribution in [0.3, 0.4) is 0 Å². The number of methoxy groups -OCH3 is 2. The standard InChI is InChI=1S/C44H60N6O6Si/c1-27(26-56-57(9,10)44(4,5)6)45-22-30-24-47-37(20-40(30)54-7)42(52)49-34-16-11-14-32(28(34)2)33-15-12-17-35(29(33)3)50-43(53)38-21-41(55-8)31(25-48-38)23-46-36-18-13-19-39(36)51/h11-12,14-17,20-21,24-25,27,36,39,45-46,51H,13,18-19,22-23,26H2,1-10H3,(H,49,52)(H,50,53)/t27-,36-,39-/m0/s1. The third-order valence-electron chi connectivity index (χ3n) is 11.4. The van der Waals surface area contributed by atoms with Gasteiger partial charge in [0.05, 0.1) is 20.3 Å². The van der Waals surface area contributed by atoms with E-state index >= 15 is 0 Å². The Morgan fingerprint density at radius 2 is 1.35 bits per heavy atom. The summed E-state index contributed by atoms with van der Waals surface area (Å²) in [5.41, 5.74) is 6.91. The van der Waals surface area contributed by atoms with Gasteiger partial charge in [0.15, 0.2) is 8.32 Å². The number of pyridine rings is 2. The molecule has 0 saturated heterocycles. The molecule has 57 heavy (non-hydrogen) atoms. The first-order chi connectivity index (χ1) is 27.0. The SMILES string of the molecule is COc1cc(C(=O)Nc2cccc(-c3cccc(NC(=O)c4cc(OC)c(CN[C@@H](C)CO[Si](C)(C)C(C)(C)C)cn4)c3C)c2C)ncc1CN[C@H]1CCC[C@@H]1O. The number of carbonyl (C=O) groups is 2. The Labute approximate surface area is 338 Å². The minimum absolute atomic E-state index is 0.0355. The number of aromatic nitrogens is 2. The van der Waals surface area contributed by atoms with Crippen LogP contribution in [0.15, 0.2) is 60.9 Å². The van der Waals surface area contributed by atoms with Gasteiger partial charge < -0.3 is 40.3 Å². The van der Waals surface area contributed by atoms with Gasteiger partial charge in [0, 0.05) is 78.8 Å². The number of nitrogens with one attached hydrogen (secondary N) is 4. The number of hydrogen-bond donors (Lipinski definition) is 5. The Morgan fingerprint density at radius 3 is 1.81 bits per heavy atom. The molecule has 5 N–H and O–H groups in total. The van der Waals surface area contributed by atoms with Gasteiger partial charge in [-0.1, -0.05) is 45.0 Å². The van der Waals surface area contributed by atoms with Crippen molar-refractivity contribution in [2.75, 3.05) is 31.5 Å². The van der Waals surface area contributed by atoms with Crippen molar-refractivity contribution in [2.45, 2.75) is 110 Å². The number of aliphatic hydroxyl groups excluding tert-OH is 1. The van der Waals surface area contributed by atoms with Crippen LogP contribution in [-0.2, 0) is 17.5 Å². The van der Waals surface area contributed by atoms with E-state index in [1.807, 2.05) is 50.2 Å². The zero-order valence-corrected chi connectivity index (χ0v) is 36.1. The molecule has 1 saturated carbocycles. The minimum Gasteiger partial charge on any atom is -0.496 e. The molecule has 0 bridgehead atoms. The summed E-state index contributed by atoms with van der Waals surface area (Å²) < 4.78 is 17.6. The van der Waals surface area contributed by atoms with Crippen molar-refractivity contribution in [1.29, 1.82) is 0 Å². The molecule has 1 aliphatic carbocycles. The maximum Gasteiger partial charge on any atom is 0.274 e. The fraction of sp³-hybridized carbons (Fsp3) is 0.455. The molecule has 306 valence electrons. The maximum absolute atomic E-state index is 13.5. The molecule has 13 heteroatoms. The number of ether oxygens (including phenoxy) is 2. The van der Waals surface area contributed by atoms with Gasteiger partial charge in [-0.3, -0.25) is 19.6 Å². The molecule has 2 aromatic carbocycles. The number of aliphatic hydroxyl groups is 1. The van der Waals surface area contributed by atoms with Gasteiger partial charge in [-0.2, -0.15) is 0 Å². The van der Waals surface area contributed by atoms with E-state index in [9.17, 15) is 14.7 Å². The predicted molar refractivity (Wildman–Crippen MR) is 229 cm³/mol. The van der Waals surface area contributed by atoms with Crippen LogP contribution >= 0.6 is 0 Å². The first-order valence-corrected chi connectivity index (χ1v) is 22.6. The summed E-state index contributed by atoms with van der Waals surface area (Å²) in [5, 5.41) is 23.3. The van der Waals surface area contributed by atoms with Crippen molar-refractivity contribution in [3.05, 3.63) is 94.6 Å². The number of benzene rings is 2. The third kappa shape index (κ3) is 10.6.